The van der Waals surface area contributed by atoms with Crippen molar-refractivity contribution in [3.8, 4) is 0 Å². The van der Waals surface area contributed by atoms with Crippen molar-refractivity contribution in [1.29, 1.82) is 0 Å². The molecule has 0 saturated heterocycles. The zero-order valence-electron chi connectivity index (χ0n) is 5.67. The quantitative estimate of drug-likeness (QED) is 0.232. The summed E-state index contributed by atoms with van der Waals surface area (Å²) in [5.41, 5.74) is 0. The summed E-state index contributed by atoms with van der Waals surface area (Å²) in [5.74, 6) is -5.92. The molecule has 0 bridgehead atoms. The van der Waals surface area contributed by atoms with Crippen LogP contribution in [-0.4, -0.2) is 23.1 Å². The summed E-state index contributed by atoms with van der Waals surface area (Å²) in [4.78, 5) is 0. The smallest absolute Gasteiger partial charge is 1.00 e. The number of halogens is 5. The van der Waals surface area contributed by atoms with Gasteiger partial charge in [0, 0.05) is 23.3 Å². The third-order valence-corrected chi connectivity index (χ3v) is 0.892. The fourth-order valence-corrected chi connectivity index (χ4v) is 0.454. The third-order valence-electron chi connectivity index (χ3n) is 0.892. The normalized spacial score (nSPS) is 8.33. The van der Waals surface area contributed by atoms with Crippen LogP contribution in [0.2, 0.25) is 0 Å². The predicted molar refractivity (Wildman–Crippen MR) is 30.9 cm³/mol. The van der Waals surface area contributed by atoms with Crippen LogP contribution in [0.1, 0.15) is 0 Å². The van der Waals surface area contributed by atoms with E-state index in [1.54, 1.807) is 0 Å². The molecule has 0 aliphatic heterocycles. The molecular formula is C6HBrF4Mg. The summed E-state index contributed by atoms with van der Waals surface area (Å²) in [5, 5.41) is 0. The van der Waals surface area contributed by atoms with Gasteiger partial charge < -0.3 is 17.0 Å². The van der Waals surface area contributed by atoms with Gasteiger partial charge in [-0.25, -0.2) is 8.78 Å². The molecule has 0 amide bonds. The van der Waals surface area contributed by atoms with Crippen molar-refractivity contribution >= 4 is 23.1 Å². The molecular weight excluding hydrogens is 252 g/mol. The average Bonchev–Trinajstić information content (AvgIpc) is 1.84. The van der Waals surface area contributed by atoms with Crippen LogP contribution < -0.4 is 17.0 Å². The molecule has 62 valence electrons. The molecule has 1 aromatic carbocycles. The molecule has 0 heterocycles. The summed E-state index contributed by atoms with van der Waals surface area (Å²) in [7, 11) is 0. The Hall–Kier alpha value is 0.186. The van der Waals surface area contributed by atoms with Crippen LogP contribution in [-0.2, 0) is 0 Å². The van der Waals surface area contributed by atoms with Crippen molar-refractivity contribution in [1.82, 2.24) is 0 Å². The van der Waals surface area contributed by atoms with Crippen LogP contribution in [0, 0.1) is 29.3 Å². The predicted octanol–water partition coefficient (Wildman–Crippen LogP) is -1.33. The zero-order chi connectivity index (χ0) is 7.72. The van der Waals surface area contributed by atoms with E-state index < -0.39 is 23.3 Å². The Morgan fingerprint density at radius 3 is 1.50 bits per heavy atom. The Morgan fingerprint density at radius 2 is 1.25 bits per heavy atom. The molecule has 1 rings (SSSR count). The second-order valence-corrected chi connectivity index (χ2v) is 1.59. The summed E-state index contributed by atoms with van der Waals surface area (Å²) in [6, 6.07) is 1.35. The van der Waals surface area contributed by atoms with E-state index in [0.29, 0.717) is 0 Å². The fourth-order valence-electron chi connectivity index (χ4n) is 0.454. The number of hydrogen-bond acceptors (Lipinski definition) is 0. The van der Waals surface area contributed by atoms with Gasteiger partial charge in [-0.05, 0) is 0 Å². The Kier molecular flexibility index (Phi) is 7.06. The molecule has 0 aliphatic rings. The number of rotatable bonds is 0. The van der Waals surface area contributed by atoms with Crippen LogP contribution >= 0.6 is 0 Å². The summed E-state index contributed by atoms with van der Waals surface area (Å²) < 4.78 is 47.7. The topological polar surface area (TPSA) is 0 Å². The van der Waals surface area contributed by atoms with E-state index in [1.807, 2.05) is 0 Å². The van der Waals surface area contributed by atoms with Crippen molar-refractivity contribution in [2.24, 2.45) is 0 Å². The third kappa shape index (κ3) is 3.28. The van der Waals surface area contributed by atoms with Crippen molar-refractivity contribution in [2.75, 3.05) is 0 Å². The molecule has 0 unspecified atom stereocenters. The van der Waals surface area contributed by atoms with Gasteiger partial charge in [-0.15, -0.1) is 6.07 Å². The molecule has 0 radical (unpaired) electrons. The Bertz CT molecular complexity index is 216. The van der Waals surface area contributed by atoms with Crippen LogP contribution in [0.4, 0.5) is 17.6 Å². The van der Waals surface area contributed by atoms with Gasteiger partial charge in [-0.2, -0.15) is 0 Å². The summed E-state index contributed by atoms with van der Waals surface area (Å²) in [6.07, 6.45) is 0. The minimum Gasteiger partial charge on any atom is -1.00 e. The van der Waals surface area contributed by atoms with Crippen molar-refractivity contribution in [3.63, 3.8) is 0 Å². The molecule has 6 heteroatoms. The van der Waals surface area contributed by atoms with Crippen LogP contribution in [0.5, 0.6) is 0 Å². The summed E-state index contributed by atoms with van der Waals surface area (Å²) in [6.45, 7) is 0. The zero-order valence-corrected chi connectivity index (χ0v) is 8.67. The van der Waals surface area contributed by atoms with E-state index >= 15 is 0 Å². The first-order chi connectivity index (χ1) is 4.61. The number of benzene rings is 1. The molecule has 0 atom stereocenters. The van der Waals surface area contributed by atoms with Crippen molar-refractivity contribution in [3.05, 3.63) is 35.4 Å². The van der Waals surface area contributed by atoms with Crippen LogP contribution in [0.3, 0.4) is 0 Å². The Morgan fingerprint density at radius 1 is 0.917 bits per heavy atom. The van der Waals surface area contributed by atoms with Gasteiger partial charge in [0.1, 0.15) is 0 Å². The van der Waals surface area contributed by atoms with E-state index in [4.69, 9.17) is 0 Å². The molecule has 0 saturated carbocycles. The second-order valence-electron chi connectivity index (χ2n) is 1.59. The van der Waals surface area contributed by atoms with E-state index in [0.717, 1.165) is 0 Å². The van der Waals surface area contributed by atoms with Gasteiger partial charge >= 0.3 is 23.1 Å². The minimum atomic E-state index is -1.51. The fraction of sp³-hybridized carbons (Fsp3) is 0. The van der Waals surface area contributed by atoms with Gasteiger partial charge in [0.2, 0.25) is 0 Å². The largest absolute Gasteiger partial charge is 2.00 e. The molecule has 0 nitrogen and oxygen atoms in total. The molecule has 0 spiro atoms. The maximum Gasteiger partial charge on any atom is 2.00 e. The molecule has 1 aromatic rings. The van der Waals surface area contributed by atoms with Gasteiger partial charge in [0.05, 0.1) is 0 Å². The second kappa shape index (κ2) is 5.77. The van der Waals surface area contributed by atoms with E-state index in [1.165, 1.54) is 6.07 Å². The molecule has 0 aromatic heterocycles. The monoisotopic (exact) mass is 252 g/mol. The minimum absolute atomic E-state index is 0. The van der Waals surface area contributed by atoms with E-state index in [-0.39, 0.29) is 46.1 Å². The maximum absolute atomic E-state index is 11.9. The Balaban J connectivity index is 0. The average molecular weight is 253 g/mol. The van der Waals surface area contributed by atoms with Gasteiger partial charge in [0.25, 0.3) is 0 Å². The molecule has 0 aliphatic carbocycles. The summed E-state index contributed by atoms with van der Waals surface area (Å²) >= 11 is 0. The first-order valence-corrected chi connectivity index (χ1v) is 2.33. The van der Waals surface area contributed by atoms with Crippen molar-refractivity contribution in [2.45, 2.75) is 0 Å². The SMILES string of the molecule is Fc1[c-]c(F)c(F)cc1F.[Br-].[Mg+2]. The molecule has 0 fully saturated rings. The maximum atomic E-state index is 11.9. The van der Waals surface area contributed by atoms with Gasteiger partial charge in [0.15, 0.2) is 0 Å². The van der Waals surface area contributed by atoms with Crippen molar-refractivity contribution < 1.29 is 34.5 Å². The van der Waals surface area contributed by atoms with Gasteiger partial charge in [-0.3, -0.25) is 8.78 Å². The standard InChI is InChI=1S/C6HF4.BrH.Mg/c7-3-1-4(8)6(10)2-5(3)9;;/h1H;1H;/q-1;;+2/p-1. The van der Waals surface area contributed by atoms with Crippen LogP contribution in [0.15, 0.2) is 6.07 Å². The Labute approximate surface area is 92.9 Å². The molecule has 0 N–H and O–H groups in total. The van der Waals surface area contributed by atoms with Crippen LogP contribution in [0.25, 0.3) is 0 Å². The van der Waals surface area contributed by atoms with E-state index in [2.05, 4.69) is 0 Å². The van der Waals surface area contributed by atoms with E-state index in [9.17, 15) is 17.6 Å². The molecule has 12 heavy (non-hydrogen) atoms. The first kappa shape index (κ1) is 14.7. The van der Waals surface area contributed by atoms with Gasteiger partial charge in [-0.1, -0.05) is 6.07 Å². The first-order valence-electron chi connectivity index (χ1n) is 2.33. The number of hydrogen-bond donors (Lipinski definition) is 0.